The molecule has 0 aliphatic rings. The lowest BCUT2D eigenvalue weighted by Gasteiger charge is -2.33. The highest BCUT2D eigenvalue weighted by atomic mass is 16.5. The summed E-state index contributed by atoms with van der Waals surface area (Å²) in [7, 11) is 0. The number of phenolic OH excluding ortho intramolecular Hbond substituents is 1. The van der Waals surface area contributed by atoms with Crippen molar-refractivity contribution < 1.29 is 9.84 Å². The first-order chi connectivity index (χ1) is 13.2. The van der Waals surface area contributed by atoms with Crippen LogP contribution in [0.3, 0.4) is 0 Å². The van der Waals surface area contributed by atoms with Crippen molar-refractivity contribution in [2.24, 2.45) is 5.41 Å². The van der Waals surface area contributed by atoms with Gasteiger partial charge >= 0.3 is 0 Å². The minimum Gasteiger partial charge on any atom is -0.508 e. The van der Waals surface area contributed by atoms with E-state index in [0.717, 1.165) is 30.8 Å². The summed E-state index contributed by atoms with van der Waals surface area (Å²) in [5, 5.41) is 10.4. The number of phenols is 1. The van der Waals surface area contributed by atoms with E-state index in [4.69, 9.17) is 4.74 Å². The molecule has 0 radical (unpaired) electrons. The summed E-state index contributed by atoms with van der Waals surface area (Å²) in [6.07, 6.45) is 14.4. The smallest absolute Gasteiger partial charge is 0.119 e. The average Bonchev–Trinajstić information content (AvgIpc) is 2.58. The molecule has 0 aromatic heterocycles. The van der Waals surface area contributed by atoms with Gasteiger partial charge in [0.1, 0.15) is 11.5 Å². The Labute approximate surface area is 175 Å². The number of unbranched alkanes of at least 4 members (excludes halogenated alkanes) is 9. The van der Waals surface area contributed by atoms with Crippen molar-refractivity contribution in [2.75, 3.05) is 6.61 Å². The van der Waals surface area contributed by atoms with Crippen LogP contribution in [0.5, 0.6) is 11.5 Å². The highest BCUT2D eigenvalue weighted by molar-refractivity contribution is 5.43. The minimum atomic E-state index is -0.0845. The quantitative estimate of drug-likeness (QED) is 0.323. The zero-order valence-electron chi connectivity index (χ0n) is 19.6. The number of hydrogen-bond acceptors (Lipinski definition) is 2. The fraction of sp³-hybridized carbons (Fsp3) is 0.769. The molecule has 0 heterocycles. The molecular formula is C26H46O2. The molecule has 0 fully saturated rings. The van der Waals surface area contributed by atoms with Crippen LogP contribution in [-0.4, -0.2) is 11.7 Å². The Hall–Kier alpha value is -1.18. The molecule has 1 rings (SSSR count). The van der Waals surface area contributed by atoms with Crippen molar-refractivity contribution in [3.05, 3.63) is 23.8 Å². The van der Waals surface area contributed by atoms with Gasteiger partial charge < -0.3 is 9.84 Å². The first-order valence-electron chi connectivity index (χ1n) is 11.6. The molecule has 1 aromatic rings. The van der Waals surface area contributed by atoms with Gasteiger partial charge in [0.25, 0.3) is 0 Å². The Morgan fingerprint density at radius 1 is 0.786 bits per heavy atom. The number of hydrogen-bond donors (Lipinski definition) is 1. The van der Waals surface area contributed by atoms with Gasteiger partial charge in [0.15, 0.2) is 0 Å². The Morgan fingerprint density at radius 2 is 1.32 bits per heavy atom. The van der Waals surface area contributed by atoms with Gasteiger partial charge in [-0.15, -0.1) is 0 Å². The number of ether oxygens (including phenoxy) is 1. The monoisotopic (exact) mass is 390 g/mol. The highest BCUT2D eigenvalue weighted by Gasteiger charge is 2.29. The molecule has 0 aliphatic heterocycles. The van der Waals surface area contributed by atoms with Gasteiger partial charge in [-0.2, -0.15) is 0 Å². The van der Waals surface area contributed by atoms with Crippen LogP contribution in [0.4, 0.5) is 0 Å². The van der Waals surface area contributed by atoms with Gasteiger partial charge in [0, 0.05) is 5.56 Å². The standard InChI is InChI=1S/C26H46O2/c1-7-8-9-10-11-12-13-14-15-16-19-28-22-17-18-24(27)23(20-22)26(5,6)21-25(2,3)4/h17-18,20,27H,7-16,19,21H2,1-6H3. The van der Waals surface area contributed by atoms with E-state index >= 15 is 0 Å². The first-order valence-corrected chi connectivity index (χ1v) is 11.6. The molecule has 2 heteroatoms. The van der Waals surface area contributed by atoms with E-state index in [9.17, 15) is 5.11 Å². The first kappa shape index (κ1) is 24.9. The van der Waals surface area contributed by atoms with Crippen molar-refractivity contribution in [3.8, 4) is 11.5 Å². The van der Waals surface area contributed by atoms with Crippen molar-refractivity contribution in [2.45, 2.75) is 118 Å². The van der Waals surface area contributed by atoms with E-state index in [2.05, 4.69) is 41.5 Å². The van der Waals surface area contributed by atoms with Crippen LogP contribution in [0, 0.1) is 5.41 Å². The zero-order chi connectivity index (χ0) is 21.0. The summed E-state index contributed by atoms with van der Waals surface area (Å²) >= 11 is 0. The normalized spacial score (nSPS) is 12.4. The lowest BCUT2D eigenvalue weighted by molar-refractivity contribution is 0.274. The minimum absolute atomic E-state index is 0.0845. The lowest BCUT2D eigenvalue weighted by atomic mass is 9.72. The van der Waals surface area contributed by atoms with E-state index < -0.39 is 0 Å². The molecular weight excluding hydrogens is 344 g/mol. The van der Waals surface area contributed by atoms with E-state index in [0.29, 0.717) is 5.75 Å². The van der Waals surface area contributed by atoms with Crippen LogP contribution in [0.2, 0.25) is 0 Å². The van der Waals surface area contributed by atoms with Crippen LogP contribution >= 0.6 is 0 Å². The molecule has 28 heavy (non-hydrogen) atoms. The van der Waals surface area contributed by atoms with E-state index in [1.165, 1.54) is 57.8 Å². The average molecular weight is 391 g/mol. The van der Waals surface area contributed by atoms with Crippen LogP contribution < -0.4 is 4.74 Å². The molecule has 162 valence electrons. The molecule has 1 N–H and O–H groups in total. The van der Waals surface area contributed by atoms with Gasteiger partial charge in [-0.1, -0.05) is 99.3 Å². The fourth-order valence-corrected chi connectivity index (χ4v) is 4.35. The molecule has 0 saturated heterocycles. The van der Waals surface area contributed by atoms with Gasteiger partial charge in [0.2, 0.25) is 0 Å². The SMILES string of the molecule is CCCCCCCCCCCCOc1ccc(O)c(C(C)(C)CC(C)(C)C)c1. The molecule has 0 atom stereocenters. The summed E-state index contributed by atoms with van der Waals surface area (Å²) in [4.78, 5) is 0. The summed E-state index contributed by atoms with van der Waals surface area (Å²) in [5.41, 5.74) is 1.12. The molecule has 0 aliphatic carbocycles. The highest BCUT2D eigenvalue weighted by Crippen LogP contribution is 2.41. The maximum Gasteiger partial charge on any atom is 0.119 e. The van der Waals surface area contributed by atoms with Crippen molar-refractivity contribution in [1.82, 2.24) is 0 Å². The molecule has 0 saturated carbocycles. The third-order valence-corrected chi connectivity index (χ3v) is 5.44. The predicted molar refractivity (Wildman–Crippen MR) is 123 cm³/mol. The molecule has 0 amide bonds. The Morgan fingerprint density at radius 3 is 1.86 bits per heavy atom. The van der Waals surface area contributed by atoms with Crippen LogP contribution in [-0.2, 0) is 5.41 Å². The molecule has 2 nitrogen and oxygen atoms in total. The van der Waals surface area contributed by atoms with Gasteiger partial charge in [-0.05, 0) is 41.9 Å². The Balaban J connectivity index is 2.32. The summed E-state index contributed by atoms with van der Waals surface area (Å²) < 4.78 is 5.99. The number of benzene rings is 1. The predicted octanol–water partition coefficient (Wildman–Crippen LogP) is 8.41. The Kier molecular flexibility index (Phi) is 11.0. The second-order valence-electron chi connectivity index (χ2n) is 10.3. The van der Waals surface area contributed by atoms with Crippen molar-refractivity contribution >= 4 is 0 Å². The second kappa shape index (κ2) is 12.4. The van der Waals surface area contributed by atoms with Crippen molar-refractivity contribution in [3.63, 3.8) is 0 Å². The zero-order valence-corrected chi connectivity index (χ0v) is 19.6. The molecule has 0 unspecified atom stereocenters. The second-order valence-corrected chi connectivity index (χ2v) is 10.3. The van der Waals surface area contributed by atoms with E-state index in [1.807, 2.05) is 12.1 Å². The molecule has 1 aromatic carbocycles. The van der Waals surface area contributed by atoms with Gasteiger partial charge in [-0.25, -0.2) is 0 Å². The van der Waals surface area contributed by atoms with Crippen LogP contribution in [0.1, 0.15) is 118 Å². The maximum atomic E-state index is 10.4. The summed E-state index contributed by atoms with van der Waals surface area (Å²) in [6.45, 7) is 14.2. The topological polar surface area (TPSA) is 29.5 Å². The van der Waals surface area contributed by atoms with Crippen LogP contribution in [0.15, 0.2) is 18.2 Å². The largest absolute Gasteiger partial charge is 0.508 e. The number of rotatable bonds is 14. The molecule has 0 bridgehead atoms. The van der Waals surface area contributed by atoms with Crippen molar-refractivity contribution in [1.29, 1.82) is 0 Å². The third kappa shape index (κ3) is 10.4. The summed E-state index contributed by atoms with van der Waals surface area (Å²) in [6, 6.07) is 5.72. The van der Waals surface area contributed by atoms with Crippen LogP contribution in [0.25, 0.3) is 0 Å². The third-order valence-electron chi connectivity index (χ3n) is 5.44. The van der Waals surface area contributed by atoms with Gasteiger partial charge in [0.05, 0.1) is 6.61 Å². The van der Waals surface area contributed by atoms with Gasteiger partial charge in [-0.3, -0.25) is 0 Å². The van der Waals surface area contributed by atoms with E-state index in [1.54, 1.807) is 6.07 Å². The summed E-state index contributed by atoms with van der Waals surface area (Å²) in [5.74, 6) is 1.26. The maximum absolute atomic E-state index is 10.4. The molecule has 0 spiro atoms. The van der Waals surface area contributed by atoms with E-state index in [-0.39, 0.29) is 10.8 Å². The number of aromatic hydroxyl groups is 1. The fourth-order valence-electron chi connectivity index (χ4n) is 4.35. The lowest BCUT2D eigenvalue weighted by Crippen LogP contribution is -2.25. The Bertz CT molecular complexity index is 540.